The minimum atomic E-state index is -0.937. The molecule has 118 valence electrons. The molecule has 0 aromatic heterocycles. The molecule has 1 aliphatic heterocycles. The molecule has 6 heteroatoms. The summed E-state index contributed by atoms with van der Waals surface area (Å²) >= 11 is 0. The Bertz CT molecular complexity index is 345. The van der Waals surface area contributed by atoms with Crippen molar-refractivity contribution in [1.29, 1.82) is 0 Å². The summed E-state index contributed by atoms with van der Waals surface area (Å²) in [6.07, 6.45) is 1.40. The van der Waals surface area contributed by atoms with E-state index in [9.17, 15) is 14.1 Å². The summed E-state index contributed by atoms with van der Waals surface area (Å²) in [7, 11) is -0.937. The van der Waals surface area contributed by atoms with Crippen LogP contribution >= 0.6 is 0 Å². The van der Waals surface area contributed by atoms with Crippen molar-refractivity contribution in [3.63, 3.8) is 0 Å². The van der Waals surface area contributed by atoms with Gasteiger partial charge in [0.05, 0.1) is 6.10 Å². The van der Waals surface area contributed by atoms with Gasteiger partial charge in [0.25, 0.3) is 0 Å². The van der Waals surface area contributed by atoms with E-state index in [0.717, 1.165) is 12.8 Å². The summed E-state index contributed by atoms with van der Waals surface area (Å²) in [6, 6.07) is -0.0834. The van der Waals surface area contributed by atoms with Crippen molar-refractivity contribution in [3.05, 3.63) is 0 Å². The van der Waals surface area contributed by atoms with Crippen LogP contribution in [-0.2, 0) is 10.8 Å². The van der Waals surface area contributed by atoms with E-state index in [4.69, 9.17) is 0 Å². The number of urea groups is 1. The van der Waals surface area contributed by atoms with E-state index in [1.54, 1.807) is 4.90 Å². The number of piperidine rings is 1. The van der Waals surface area contributed by atoms with E-state index < -0.39 is 10.8 Å². The average Bonchev–Trinajstić information content (AvgIpc) is 2.37. The Hall–Kier alpha value is -0.620. The van der Waals surface area contributed by atoms with Gasteiger partial charge in [-0.05, 0) is 46.5 Å². The first-order valence-corrected chi connectivity index (χ1v) is 8.63. The molecule has 20 heavy (non-hydrogen) atoms. The molecular formula is C14H28N2O3S. The summed E-state index contributed by atoms with van der Waals surface area (Å²) in [5.74, 6) is 0.784. The highest BCUT2D eigenvalue weighted by Gasteiger charge is 2.25. The van der Waals surface area contributed by atoms with E-state index in [0.29, 0.717) is 31.3 Å². The number of nitrogens with one attached hydrogen (secondary N) is 1. The van der Waals surface area contributed by atoms with E-state index in [2.05, 4.69) is 5.32 Å². The van der Waals surface area contributed by atoms with E-state index >= 15 is 0 Å². The van der Waals surface area contributed by atoms with Crippen LogP contribution in [0.5, 0.6) is 0 Å². The predicted octanol–water partition coefficient (Wildman–Crippen LogP) is 1.34. The Labute approximate surface area is 124 Å². The van der Waals surface area contributed by atoms with Crippen LogP contribution in [0.2, 0.25) is 0 Å². The van der Waals surface area contributed by atoms with Crippen molar-refractivity contribution in [2.24, 2.45) is 5.92 Å². The second-order valence-electron chi connectivity index (χ2n) is 6.46. The molecule has 0 aromatic carbocycles. The Morgan fingerprint density at radius 1 is 1.40 bits per heavy atom. The van der Waals surface area contributed by atoms with Crippen molar-refractivity contribution in [1.82, 2.24) is 10.2 Å². The van der Waals surface area contributed by atoms with Crippen LogP contribution in [0.1, 0.15) is 40.5 Å². The molecule has 0 spiro atoms. The molecule has 1 heterocycles. The molecule has 0 aromatic rings. The number of likely N-dealkylation sites (tertiary alicyclic amines) is 1. The highest BCUT2D eigenvalue weighted by Crippen LogP contribution is 2.20. The molecule has 0 radical (unpaired) electrons. The first-order valence-electron chi connectivity index (χ1n) is 7.31. The summed E-state index contributed by atoms with van der Waals surface area (Å²) < 4.78 is 11.6. The molecule has 2 N–H and O–H groups in total. The zero-order valence-electron chi connectivity index (χ0n) is 13.0. The van der Waals surface area contributed by atoms with Gasteiger partial charge in [-0.2, -0.15) is 0 Å². The van der Waals surface area contributed by atoms with Gasteiger partial charge in [0.15, 0.2) is 0 Å². The van der Waals surface area contributed by atoms with Crippen molar-refractivity contribution in [3.8, 4) is 0 Å². The molecule has 5 nitrogen and oxygen atoms in total. The number of hydrogen-bond donors (Lipinski definition) is 2. The second-order valence-corrected chi connectivity index (χ2v) is 8.78. The highest BCUT2D eigenvalue weighted by molar-refractivity contribution is 7.86. The molecule has 0 bridgehead atoms. The Morgan fingerprint density at radius 2 is 1.95 bits per heavy atom. The van der Waals surface area contributed by atoms with Crippen molar-refractivity contribution in [2.75, 3.05) is 25.4 Å². The molecule has 1 saturated heterocycles. The lowest BCUT2D eigenvalue weighted by Crippen LogP contribution is -2.46. The van der Waals surface area contributed by atoms with Gasteiger partial charge >= 0.3 is 6.03 Å². The molecule has 1 fully saturated rings. The molecule has 0 aliphatic carbocycles. The molecule has 2 atom stereocenters. The fraction of sp³-hybridized carbons (Fsp3) is 0.929. The lowest BCUT2D eigenvalue weighted by Gasteiger charge is -2.33. The second kappa shape index (κ2) is 7.41. The normalized spacial score (nSPS) is 20.6. The Kier molecular flexibility index (Phi) is 6.45. The fourth-order valence-electron chi connectivity index (χ4n) is 2.25. The van der Waals surface area contributed by atoms with Crippen molar-refractivity contribution in [2.45, 2.75) is 51.4 Å². The summed E-state index contributed by atoms with van der Waals surface area (Å²) in [6.45, 7) is 9.43. The topological polar surface area (TPSA) is 69.6 Å². The predicted molar refractivity (Wildman–Crippen MR) is 82.1 cm³/mol. The Morgan fingerprint density at radius 3 is 2.40 bits per heavy atom. The number of aliphatic hydroxyl groups is 1. The maximum atomic E-state index is 12.0. The van der Waals surface area contributed by atoms with Crippen LogP contribution in [-0.4, -0.2) is 56.5 Å². The largest absolute Gasteiger partial charge is 0.393 e. The SMILES string of the molecule is CC(O)C1CCN(C(=O)NCCS(=O)C(C)(C)C)CC1. The number of carbonyl (C=O) groups is 1. The van der Waals surface area contributed by atoms with Crippen LogP contribution in [0.4, 0.5) is 4.79 Å². The third kappa shape index (κ3) is 5.40. The number of rotatable bonds is 4. The first-order chi connectivity index (χ1) is 9.21. The number of aliphatic hydroxyl groups excluding tert-OH is 1. The van der Waals surface area contributed by atoms with Gasteiger partial charge in [-0.1, -0.05) is 0 Å². The lowest BCUT2D eigenvalue weighted by atomic mass is 9.92. The van der Waals surface area contributed by atoms with Crippen LogP contribution in [0.3, 0.4) is 0 Å². The van der Waals surface area contributed by atoms with Gasteiger partial charge in [0, 0.05) is 40.9 Å². The van der Waals surface area contributed by atoms with E-state index in [1.165, 1.54) is 0 Å². The zero-order chi connectivity index (χ0) is 15.3. The standard InChI is InChI=1S/C14H28N2O3S/c1-11(17)12-5-8-16(9-6-12)13(18)15-7-10-20(19)14(2,3)4/h11-12,17H,5-10H2,1-4H3,(H,15,18). The minimum absolute atomic E-state index is 0.0834. The number of hydrogen-bond acceptors (Lipinski definition) is 3. The molecule has 2 amide bonds. The fourth-order valence-corrected chi connectivity index (χ4v) is 3.15. The summed E-state index contributed by atoms with van der Waals surface area (Å²) in [4.78, 5) is 13.7. The van der Waals surface area contributed by atoms with Gasteiger partial charge in [-0.3, -0.25) is 4.21 Å². The monoisotopic (exact) mass is 304 g/mol. The van der Waals surface area contributed by atoms with Gasteiger partial charge in [0.1, 0.15) is 0 Å². The van der Waals surface area contributed by atoms with Gasteiger partial charge in [-0.25, -0.2) is 4.79 Å². The maximum Gasteiger partial charge on any atom is 0.317 e. The van der Waals surface area contributed by atoms with Gasteiger partial charge in [-0.15, -0.1) is 0 Å². The molecular weight excluding hydrogens is 276 g/mol. The third-order valence-corrected chi connectivity index (χ3v) is 5.70. The highest BCUT2D eigenvalue weighted by atomic mass is 32.2. The van der Waals surface area contributed by atoms with Crippen molar-refractivity contribution >= 4 is 16.8 Å². The first kappa shape index (κ1) is 17.4. The maximum absolute atomic E-state index is 12.0. The Balaban J connectivity index is 2.26. The molecule has 0 saturated carbocycles. The van der Waals surface area contributed by atoms with Gasteiger partial charge < -0.3 is 15.3 Å². The smallest absolute Gasteiger partial charge is 0.317 e. The van der Waals surface area contributed by atoms with Crippen molar-refractivity contribution < 1.29 is 14.1 Å². The van der Waals surface area contributed by atoms with Crippen LogP contribution in [0, 0.1) is 5.92 Å². The molecule has 1 rings (SSSR count). The van der Waals surface area contributed by atoms with Crippen LogP contribution < -0.4 is 5.32 Å². The van der Waals surface area contributed by atoms with Crippen LogP contribution in [0.25, 0.3) is 0 Å². The summed E-state index contributed by atoms with van der Waals surface area (Å²) in [5.41, 5.74) is 0. The number of nitrogens with zero attached hydrogens (tertiary/aromatic N) is 1. The number of carbonyl (C=O) groups excluding carboxylic acids is 1. The number of amides is 2. The molecule has 1 aliphatic rings. The minimum Gasteiger partial charge on any atom is -0.393 e. The van der Waals surface area contributed by atoms with E-state index in [1.807, 2.05) is 27.7 Å². The average molecular weight is 304 g/mol. The summed E-state index contributed by atoms with van der Waals surface area (Å²) in [5, 5.41) is 12.4. The quantitative estimate of drug-likeness (QED) is 0.823. The lowest BCUT2D eigenvalue weighted by molar-refractivity contribution is 0.0799. The van der Waals surface area contributed by atoms with Gasteiger partial charge in [0.2, 0.25) is 0 Å². The zero-order valence-corrected chi connectivity index (χ0v) is 13.8. The van der Waals surface area contributed by atoms with Crippen LogP contribution in [0.15, 0.2) is 0 Å². The molecule has 2 unspecified atom stereocenters. The van der Waals surface area contributed by atoms with E-state index in [-0.39, 0.29) is 16.9 Å². The third-order valence-electron chi connectivity index (χ3n) is 3.76.